The van der Waals surface area contributed by atoms with E-state index in [4.69, 9.17) is 42.6 Å². The van der Waals surface area contributed by atoms with Gasteiger partial charge in [-0.3, -0.25) is 0 Å². The summed E-state index contributed by atoms with van der Waals surface area (Å²) in [6.07, 6.45) is 0.561. The molecule has 0 N–H and O–H groups in total. The fourth-order valence-electron chi connectivity index (χ4n) is 4.89. The van der Waals surface area contributed by atoms with Crippen molar-refractivity contribution in [3.05, 3.63) is 0 Å². The maximum Gasteiger partial charge on any atom is 0.144 e. The first kappa shape index (κ1) is 32.8. The summed E-state index contributed by atoms with van der Waals surface area (Å²) in [5.74, 6) is 0. The first-order valence-corrected chi connectivity index (χ1v) is 14.0. The Morgan fingerprint density at radius 3 is 1.97 bits per heavy atom. The Hall–Kier alpha value is -0.360. The molecule has 0 aromatic rings. The maximum atomic E-state index is 6.04. The van der Waals surface area contributed by atoms with Crippen molar-refractivity contribution >= 4 is 0 Å². The summed E-state index contributed by atoms with van der Waals surface area (Å²) in [6, 6.07) is 0. The van der Waals surface area contributed by atoms with Crippen LogP contribution in [0.15, 0.2) is 0 Å². The molecule has 37 heavy (non-hydrogen) atoms. The second-order valence-corrected chi connectivity index (χ2v) is 11.4. The fourth-order valence-corrected chi connectivity index (χ4v) is 4.89. The predicted octanol–water partition coefficient (Wildman–Crippen LogP) is 3.79. The Balaban J connectivity index is 0.000000263. The lowest BCUT2D eigenvalue weighted by atomic mass is 9.99. The molecule has 3 fully saturated rings. The van der Waals surface area contributed by atoms with Gasteiger partial charge < -0.3 is 42.6 Å². The van der Waals surface area contributed by atoms with Gasteiger partial charge in [0.1, 0.15) is 36.1 Å². The number of fused-ring (bicyclic) bond motifs is 2. The van der Waals surface area contributed by atoms with Gasteiger partial charge in [-0.15, -0.1) is 0 Å². The average Bonchev–Trinajstić information content (AvgIpc) is 3.37. The van der Waals surface area contributed by atoms with Crippen molar-refractivity contribution < 1.29 is 42.6 Å². The Kier molecular flexibility index (Phi) is 13.7. The van der Waals surface area contributed by atoms with Crippen LogP contribution in [0.4, 0.5) is 0 Å². The Morgan fingerprint density at radius 2 is 1.43 bits per heavy atom. The van der Waals surface area contributed by atoms with Crippen molar-refractivity contribution in [3.8, 4) is 0 Å². The van der Waals surface area contributed by atoms with Crippen LogP contribution in [0, 0.1) is 0 Å². The lowest BCUT2D eigenvalue weighted by Crippen LogP contribution is -2.47. The molecule has 9 nitrogen and oxygen atoms in total. The average molecular weight is 535 g/mol. The number of methoxy groups -OCH3 is 1. The van der Waals surface area contributed by atoms with E-state index in [0.717, 1.165) is 0 Å². The predicted molar refractivity (Wildman–Crippen MR) is 141 cm³/mol. The Labute approximate surface area is 225 Å². The smallest absolute Gasteiger partial charge is 0.144 e. The normalized spacial score (nSPS) is 35.3. The molecule has 9 heteroatoms. The Bertz CT molecular complexity index is 629. The molecule has 3 aliphatic heterocycles. The highest BCUT2D eigenvalue weighted by Crippen LogP contribution is 2.42. The van der Waals surface area contributed by atoms with Crippen LogP contribution < -0.4 is 0 Å². The second kappa shape index (κ2) is 15.4. The van der Waals surface area contributed by atoms with Gasteiger partial charge in [0.05, 0.1) is 69.7 Å². The number of rotatable bonds is 14. The van der Waals surface area contributed by atoms with Crippen LogP contribution >= 0.6 is 0 Å². The minimum Gasteiger partial charge on any atom is -0.382 e. The van der Waals surface area contributed by atoms with Crippen LogP contribution in [0.2, 0.25) is 0 Å². The van der Waals surface area contributed by atoms with Gasteiger partial charge in [0, 0.05) is 7.11 Å². The molecule has 0 amide bonds. The van der Waals surface area contributed by atoms with Crippen LogP contribution in [-0.2, 0) is 42.6 Å². The van der Waals surface area contributed by atoms with Crippen molar-refractivity contribution in [1.82, 2.24) is 0 Å². The van der Waals surface area contributed by atoms with Crippen LogP contribution in [0.3, 0.4) is 0 Å². The van der Waals surface area contributed by atoms with Gasteiger partial charge >= 0.3 is 0 Å². The topological polar surface area (TPSA) is 83.1 Å². The van der Waals surface area contributed by atoms with E-state index in [2.05, 4.69) is 0 Å². The number of hydrogen-bond acceptors (Lipinski definition) is 9. The molecule has 3 rings (SSSR count). The number of hydrogen-bond donors (Lipinski definition) is 0. The van der Waals surface area contributed by atoms with Crippen LogP contribution in [0.25, 0.3) is 0 Å². The molecular weight excluding hydrogens is 480 g/mol. The van der Waals surface area contributed by atoms with Gasteiger partial charge in [0.15, 0.2) is 0 Å². The van der Waals surface area contributed by atoms with Crippen LogP contribution in [-0.4, -0.2) is 113 Å². The number of ether oxygens (including phenoxy) is 9. The molecule has 0 aromatic heterocycles. The monoisotopic (exact) mass is 534 g/mol. The fraction of sp³-hybridized carbons (Fsp3) is 1.00. The van der Waals surface area contributed by atoms with Gasteiger partial charge in [-0.25, -0.2) is 0 Å². The maximum absolute atomic E-state index is 6.04. The summed E-state index contributed by atoms with van der Waals surface area (Å²) in [6.45, 7) is 23.0. The van der Waals surface area contributed by atoms with Crippen molar-refractivity contribution in [2.75, 3.05) is 40.1 Å². The molecule has 0 unspecified atom stereocenters. The van der Waals surface area contributed by atoms with E-state index in [-0.39, 0.29) is 67.1 Å². The van der Waals surface area contributed by atoms with Gasteiger partial charge in [0.25, 0.3) is 0 Å². The summed E-state index contributed by atoms with van der Waals surface area (Å²) in [5.41, 5.74) is -0.404. The van der Waals surface area contributed by atoms with Gasteiger partial charge in [-0.05, 0) is 69.2 Å². The largest absolute Gasteiger partial charge is 0.382 e. The highest BCUT2D eigenvalue weighted by molar-refractivity contribution is 5.08. The third kappa shape index (κ3) is 9.65. The van der Waals surface area contributed by atoms with E-state index in [1.807, 2.05) is 69.2 Å². The molecule has 3 heterocycles. The molecule has 0 aromatic carbocycles. The van der Waals surface area contributed by atoms with Gasteiger partial charge in [0.2, 0.25) is 0 Å². The molecule has 2 bridgehead atoms. The third-order valence-corrected chi connectivity index (χ3v) is 6.46. The van der Waals surface area contributed by atoms with E-state index < -0.39 is 5.60 Å². The highest BCUT2D eigenvalue weighted by Gasteiger charge is 2.61. The van der Waals surface area contributed by atoms with Crippen molar-refractivity contribution in [2.45, 2.75) is 142 Å². The van der Waals surface area contributed by atoms with Crippen LogP contribution in [0.1, 0.15) is 69.2 Å². The van der Waals surface area contributed by atoms with Crippen molar-refractivity contribution in [2.24, 2.45) is 0 Å². The minimum atomic E-state index is -0.404. The van der Waals surface area contributed by atoms with Gasteiger partial charge in [-0.1, -0.05) is 0 Å². The van der Waals surface area contributed by atoms with Gasteiger partial charge in [-0.2, -0.15) is 0 Å². The SMILES string of the molecule is CC(C)OC[C@@]12CO[C@@H]([C@H](C)O1)[C@@H]2OC(C)C.COCCO[C@@H]1[C@H](OC(C)C)[C@@H](COC(C)C)O[C@H]1C. The first-order chi connectivity index (χ1) is 17.4. The zero-order valence-corrected chi connectivity index (χ0v) is 25.1. The molecule has 0 aliphatic carbocycles. The van der Waals surface area contributed by atoms with Crippen molar-refractivity contribution in [3.63, 3.8) is 0 Å². The zero-order chi connectivity index (χ0) is 27.8. The van der Waals surface area contributed by atoms with E-state index in [0.29, 0.717) is 33.0 Å². The minimum absolute atomic E-state index is 0.00336. The molecule has 3 saturated heterocycles. The van der Waals surface area contributed by atoms with Crippen molar-refractivity contribution in [1.29, 1.82) is 0 Å². The molecule has 0 saturated carbocycles. The van der Waals surface area contributed by atoms with E-state index in [1.54, 1.807) is 7.11 Å². The summed E-state index contributed by atoms with van der Waals surface area (Å²) < 4.78 is 52.0. The van der Waals surface area contributed by atoms with Crippen LogP contribution in [0.5, 0.6) is 0 Å². The third-order valence-electron chi connectivity index (χ3n) is 6.46. The highest BCUT2D eigenvalue weighted by atomic mass is 16.7. The molecule has 220 valence electrons. The summed E-state index contributed by atoms with van der Waals surface area (Å²) in [4.78, 5) is 0. The zero-order valence-electron chi connectivity index (χ0n) is 25.1. The standard InChI is InChI=1S/C15H30O5.C13H24O4/c1-10(2)18-9-13-15(19-11(3)4)14(12(5)20-13)17-8-7-16-6;1-8(2)14-6-13-7-15-11(10(5)17-13)12(13)16-9(3)4/h10-15H,7-9H2,1-6H3;8-12H,6-7H2,1-5H3/t12-,13+,14-,15+;10-,11-,12-,13-/m00/s1. The molecule has 3 aliphatic rings. The quantitative estimate of drug-likeness (QED) is 0.309. The molecular formula is C28H54O9. The summed E-state index contributed by atoms with van der Waals surface area (Å²) in [5, 5.41) is 0. The lowest BCUT2D eigenvalue weighted by molar-refractivity contribution is -0.174. The molecule has 0 radical (unpaired) electrons. The first-order valence-electron chi connectivity index (χ1n) is 14.0. The van der Waals surface area contributed by atoms with E-state index >= 15 is 0 Å². The summed E-state index contributed by atoms with van der Waals surface area (Å²) >= 11 is 0. The summed E-state index contributed by atoms with van der Waals surface area (Å²) in [7, 11) is 1.67. The lowest BCUT2D eigenvalue weighted by Gasteiger charge is -2.31. The molecule has 8 atom stereocenters. The molecule has 0 spiro atoms. The Morgan fingerprint density at radius 1 is 0.784 bits per heavy atom. The second-order valence-electron chi connectivity index (χ2n) is 11.4. The van der Waals surface area contributed by atoms with E-state index in [1.165, 1.54) is 0 Å². The van der Waals surface area contributed by atoms with E-state index in [9.17, 15) is 0 Å².